The number of anilines is 1. The molecular weight excluding hydrogens is 282 g/mol. The van der Waals surface area contributed by atoms with E-state index in [0.29, 0.717) is 23.4 Å². The van der Waals surface area contributed by atoms with Crippen molar-refractivity contribution in [3.05, 3.63) is 28.2 Å². The summed E-state index contributed by atoms with van der Waals surface area (Å²) >= 11 is 3.35. The van der Waals surface area contributed by atoms with Gasteiger partial charge in [-0.25, -0.2) is 0 Å². The van der Waals surface area contributed by atoms with Gasteiger partial charge in [-0.05, 0) is 30.0 Å². The Morgan fingerprint density at radius 3 is 2.76 bits per heavy atom. The number of hydrogen-bond acceptors (Lipinski definition) is 3. The maximum absolute atomic E-state index is 11.4. The summed E-state index contributed by atoms with van der Waals surface area (Å²) in [5.41, 5.74) is 6.78. The molecule has 1 aliphatic carbocycles. The van der Waals surface area contributed by atoms with Gasteiger partial charge in [0.2, 0.25) is 0 Å². The number of halogens is 1. The van der Waals surface area contributed by atoms with E-state index in [1.54, 1.807) is 6.07 Å². The molecule has 1 aromatic rings. The average Bonchev–Trinajstić information content (AvgIpc) is 2.75. The highest BCUT2D eigenvalue weighted by molar-refractivity contribution is 9.10. The van der Waals surface area contributed by atoms with Crippen molar-refractivity contribution in [3.8, 4) is 0 Å². The van der Waals surface area contributed by atoms with Gasteiger partial charge in [0.15, 0.2) is 0 Å². The average molecular weight is 296 g/mol. The van der Waals surface area contributed by atoms with Gasteiger partial charge < -0.3 is 16.4 Å². The monoisotopic (exact) mass is 295 g/mol. The maximum Gasteiger partial charge on any atom is 0.250 e. The predicted octanol–water partition coefficient (Wildman–Crippen LogP) is 1.18. The second-order valence-corrected chi connectivity index (χ2v) is 5.63. The molecule has 1 saturated heterocycles. The van der Waals surface area contributed by atoms with E-state index in [9.17, 15) is 4.79 Å². The number of nitrogens with two attached hydrogens (primary N) is 1. The normalized spacial score (nSPS) is 29.8. The summed E-state index contributed by atoms with van der Waals surface area (Å²) in [6, 6.07) is 6.09. The van der Waals surface area contributed by atoms with Gasteiger partial charge in [-0.2, -0.15) is 0 Å². The fraction of sp³-hybridized carbons (Fsp3) is 0.417. The molecule has 3 rings (SSSR count). The minimum Gasteiger partial charge on any atom is -0.381 e. The Kier molecular flexibility index (Phi) is 2.60. The highest BCUT2D eigenvalue weighted by Crippen LogP contribution is 2.44. The van der Waals surface area contributed by atoms with Gasteiger partial charge in [-0.15, -0.1) is 0 Å². The molecule has 2 atom stereocenters. The third-order valence-electron chi connectivity index (χ3n) is 3.66. The standard InChI is InChI=1S/C12H14BrN3O/c13-6-1-2-10(7(3-6)12(14)17)16-11-8-4-15-5-9(8)11/h1-3,8-9,11,15-16H,4-5H2,(H2,14,17). The molecule has 0 spiro atoms. The first-order valence-corrected chi connectivity index (χ1v) is 6.53. The van der Waals surface area contributed by atoms with Crippen LogP contribution < -0.4 is 16.4 Å². The Labute approximate surface area is 108 Å². The molecule has 90 valence electrons. The molecule has 2 fully saturated rings. The van der Waals surface area contributed by atoms with E-state index in [-0.39, 0.29) is 0 Å². The molecule has 4 N–H and O–H groups in total. The molecule has 0 bridgehead atoms. The number of carbonyl (C=O) groups is 1. The number of benzene rings is 1. The van der Waals surface area contributed by atoms with Gasteiger partial charge in [-0.1, -0.05) is 15.9 Å². The first kappa shape index (κ1) is 11.0. The van der Waals surface area contributed by atoms with Crippen LogP contribution in [-0.4, -0.2) is 25.0 Å². The molecule has 1 heterocycles. The Bertz CT molecular complexity index is 467. The number of nitrogens with one attached hydrogen (secondary N) is 2. The largest absolute Gasteiger partial charge is 0.381 e. The summed E-state index contributed by atoms with van der Waals surface area (Å²) in [7, 11) is 0. The van der Waals surface area contributed by atoms with Crippen LogP contribution in [0.3, 0.4) is 0 Å². The zero-order valence-electron chi connectivity index (χ0n) is 9.24. The molecule has 2 unspecified atom stereocenters. The first-order valence-electron chi connectivity index (χ1n) is 5.73. The van der Waals surface area contributed by atoms with Crippen molar-refractivity contribution >= 4 is 27.5 Å². The van der Waals surface area contributed by atoms with Crippen molar-refractivity contribution in [1.29, 1.82) is 0 Å². The van der Waals surface area contributed by atoms with Gasteiger partial charge >= 0.3 is 0 Å². The highest BCUT2D eigenvalue weighted by Gasteiger charge is 2.53. The SMILES string of the molecule is NC(=O)c1cc(Br)ccc1NC1C2CNCC21. The summed E-state index contributed by atoms with van der Waals surface area (Å²) in [5.74, 6) is 1.02. The number of amides is 1. The highest BCUT2D eigenvalue weighted by atomic mass is 79.9. The van der Waals surface area contributed by atoms with E-state index in [4.69, 9.17) is 5.73 Å². The maximum atomic E-state index is 11.4. The number of piperidine rings is 1. The van der Waals surface area contributed by atoms with E-state index in [1.807, 2.05) is 12.1 Å². The molecule has 17 heavy (non-hydrogen) atoms. The smallest absolute Gasteiger partial charge is 0.250 e. The van der Waals surface area contributed by atoms with Gasteiger partial charge in [0.25, 0.3) is 5.91 Å². The Morgan fingerprint density at radius 1 is 1.41 bits per heavy atom. The Hall–Kier alpha value is -1.07. The third-order valence-corrected chi connectivity index (χ3v) is 4.15. The molecule has 1 amide bonds. The van der Waals surface area contributed by atoms with Crippen molar-refractivity contribution in [1.82, 2.24) is 5.32 Å². The summed E-state index contributed by atoms with van der Waals surface area (Å²) < 4.78 is 0.870. The van der Waals surface area contributed by atoms with Crippen molar-refractivity contribution in [2.45, 2.75) is 6.04 Å². The van der Waals surface area contributed by atoms with Crippen LogP contribution in [0.15, 0.2) is 22.7 Å². The summed E-state index contributed by atoms with van der Waals surface area (Å²) in [6.07, 6.45) is 0. The second kappa shape index (κ2) is 3.99. The molecule has 0 radical (unpaired) electrons. The van der Waals surface area contributed by atoms with Crippen LogP contribution in [0.1, 0.15) is 10.4 Å². The first-order chi connectivity index (χ1) is 8.16. The number of primary amides is 1. The lowest BCUT2D eigenvalue weighted by molar-refractivity contribution is 0.100. The Morgan fingerprint density at radius 2 is 2.12 bits per heavy atom. The molecular formula is C12H14BrN3O. The van der Waals surface area contributed by atoms with Crippen LogP contribution in [0, 0.1) is 11.8 Å². The zero-order chi connectivity index (χ0) is 12.0. The fourth-order valence-corrected chi connectivity index (χ4v) is 3.02. The van der Waals surface area contributed by atoms with Gasteiger partial charge in [0.1, 0.15) is 0 Å². The fourth-order valence-electron chi connectivity index (χ4n) is 2.66. The minimum absolute atomic E-state index is 0.391. The van der Waals surface area contributed by atoms with E-state index >= 15 is 0 Å². The van der Waals surface area contributed by atoms with Crippen molar-refractivity contribution in [2.24, 2.45) is 17.6 Å². The van der Waals surface area contributed by atoms with E-state index in [0.717, 1.165) is 23.2 Å². The van der Waals surface area contributed by atoms with Crippen LogP contribution in [0.25, 0.3) is 0 Å². The summed E-state index contributed by atoms with van der Waals surface area (Å²) in [6.45, 7) is 2.15. The van der Waals surface area contributed by atoms with Crippen molar-refractivity contribution in [3.63, 3.8) is 0 Å². The Balaban J connectivity index is 1.81. The van der Waals surface area contributed by atoms with Crippen LogP contribution in [0.5, 0.6) is 0 Å². The lowest BCUT2D eigenvalue weighted by Gasteiger charge is -2.12. The molecule has 1 aromatic carbocycles. The van der Waals surface area contributed by atoms with Gasteiger partial charge in [0.05, 0.1) is 5.56 Å². The molecule has 4 nitrogen and oxygen atoms in total. The quantitative estimate of drug-likeness (QED) is 0.784. The van der Waals surface area contributed by atoms with E-state index < -0.39 is 5.91 Å². The van der Waals surface area contributed by atoms with Crippen molar-refractivity contribution in [2.75, 3.05) is 18.4 Å². The molecule has 0 aromatic heterocycles. The van der Waals surface area contributed by atoms with Crippen molar-refractivity contribution < 1.29 is 4.79 Å². The van der Waals surface area contributed by atoms with E-state index in [1.165, 1.54) is 0 Å². The van der Waals surface area contributed by atoms with Gasteiger partial charge in [-0.3, -0.25) is 4.79 Å². The van der Waals surface area contributed by atoms with Gasteiger partial charge in [0, 0.05) is 29.3 Å². The van der Waals surface area contributed by atoms with Crippen LogP contribution in [0.2, 0.25) is 0 Å². The van der Waals surface area contributed by atoms with Crippen LogP contribution in [-0.2, 0) is 0 Å². The number of rotatable bonds is 3. The number of fused-ring (bicyclic) bond motifs is 1. The summed E-state index contributed by atoms with van der Waals surface area (Å²) in [4.78, 5) is 11.4. The second-order valence-electron chi connectivity index (χ2n) is 4.71. The predicted molar refractivity (Wildman–Crippen MR) is 69.9 cm³/mol. The molecule has 5 heteroatoms. The van der Waals surface area contributed by atoms with E-state index in [2.05, 4.69) is 26.6 Å². The summed E-state index contributed by atoms with van der Waals surface area (Å²) in [5, 5.41) is 6.78. The molecule has 1 aliphatic heterocycles. The van der Waals surface area contributed by atoms with Crippen LogP contribution in [0.4, 0.5) is 5.69 Å². The zero-order valence-corrected chi connectivity index (χ0v) is 10.8. The minimum atomic E-state index is -0.391. The number of carbonyl (C=O) groups excluding carboxylic acids is 1. The molecule has 1 saturated carbocycles. The molecule has 2 aliphatic rings. The lowest BCUT2D eigenvalue weighted by Crippen LogP contribution is -2.23. The van der Waals surface area contributed by atoms with Crippen LogP contribution >= 0.6 is 15.9 Å². The lowest BCUT2D eigenvalue weighted by atomic mass is 10.1. The topological polar surface area (TPSA) is 67.2 Å². The number of hydrogen-bond donors (Lipinski definition) is 3. The third kappa shape index (κ3) is 1.93.